The number of thiocarbonyl (C=S) groups is 1. The van der Waals surface area contributed by atoms with Crippen molar-refractivity contribution in [3.05, 3.63) is 30.1 Å². The van der Waals surface area contributed by atoms with Crippen molar-refractivity contribution in [1.82, 2.24) is 9.88 Å². The Bertz CT molecular complexity index is 472. The molecule has 0 spiro atoms. The SMILES string of the molecule is NC(=S)CCN(Cc1ccncc1)C(=O)C1CCCCC1. The molecule has 4 nitrogen and oxygen atoms in total. The van der Waals surface area contributed by atoms with E-state index in [2.05, 4.69) is 4.98 Å². The van der Waals surface area contributed by atoms with Gasteiger partial charge in [-0.15, -0.1) is 0 Å². The lowest BCUT2D eigenvalue weighted by Gasteiger charge is -2.29. The fourth-order valence-electron chi connectivity index (χ4n) is 2.83. The molecule has 0 radical (unpaired) electrons. The molecule has 1 amide bonds. The van der Waals surface area contributed by atoms with E-state index in [1.165, 1.54) is 6.42 Å². The minimum absolute atomic E-state index is 0.173. The van der Waals surface area contributed by atoms with Gasteiger partial charge in [0.25, 0.3) is 0 Å². The molecule has 1 heterocycles. The number of nitrogens with zero attached hydrogens (tertiary/aromatic N) is 2. The first-order chi connectivity index (χ1) is 10.2. The van der Waals surface area contributed by atoms with Crippen LogP contribution < -0.4 is 5.73 Å². The summed E-state index contributed by atoms with van der Waals surface area (Å²) in [5, 5.41) is 0. The van der Waals surface area contributed by atoms with Crippen LogP contribution in [0.2, 0.25) is 0 Å². The standard InChI is InChI=1S/C16H23N3OS/c17-15(21)8-11-19(12-13-6-9-18-10-7-13)16(20)14-4-2-1-3-5-14/h6-7,9-10,14H,1-5,8,11-12H2,(H2,17,21). The number of rotatable bonds is 6. The van der Waals surface area contributed by atoms with Crippen LogP contribution in [-0.4, -0.2) is 27.3 Å². The Kier molecular flexibility index (Phi) is 6.11. The van der Waals surface area contributed by atoms with Gasteiger partial charge >= 0.3 is 0 Å². The molecule has 0 aromatic carbocycles. The van der Waals surface area contributed by atoms with Crippen molar-refractivity contribution in [2.75, 3.05) is 6.54 Å². The number of nitrogens with two attached hydrogens (primary N) is 1. The highest BCUT2D eigenvalue weighted by Gasteiger charge is 2.25. The van der Waals surface area contributed by atoms with Crippen molar-refractivity contribution in [3.8, 4) is 0 Å². The Labute approximate surface area is 131 Å². The summed E-state index contributed by atoms with van der Waals surface area (Å²) >= 11 is 4.95. The number of hydrogen-bond acceptors (Lipinski definition) is 3. The summed E-state index contributed by atoms with van der Waals surface area (Å²) in [6.45, 7) is 1.22. The van der Waals surface area contributed by atoms with Gasteiger partial charge in [0.2, 0.25) is 5.91 Å². The molecule has 5 heteroatoms. The van der Waals surface area contributed by atoms with Crippen LogP contribution in [0.5, 0.6) is 0 Å². The summed E-state index contributed by atoms with van der Waals surface area (Å²) in [6.07, 6.45) is 9.69. The van der Waals surface area contributed by atoms with Crippen LogP contribution in [0.15, 0.2) is 24.5 Å². The first-order valence-electron chi connectivity index (χ1n) is 7.63. The van der Waals surface area contributed by atoms with Gasteiger partial charge in [-0.1, -0.05) is 31.5 Å². The highest BCUT2D eigenvalue weighted by Crippen LogP contribution is 2.26. The van der Waals surface area contributed by atoms with E-state index in [9.17, 15) is 4.79 Å². The Balaban J connectivity index is 2.03. The lowest BCUT2D eigenvalue weighted by atomic mass is 9.88. The van der Waals surface area contributed by atoms with Crippen LogP contribution in [0.1, 0.15) is 44.1 Å². The summed E-state index contributed by atoms with van der Waals surface area (Å²) in [5.74, 6) is 0.426. The van der Waals surface area contributed by atoms with Crippen molar-refractivity contribution < 1.29 is 4.79 Å². The molecule has 1 fully saturated rings. The summed E-state index contributed by atoms with van der Waals surface area (Å²) in [4.78, 5) is 19.1. The third kappa shape index (κ3) is 5.08. The largest absolute Gasteiger partial charge is 0.393 e. The zero-order valence-corrected chi connectivity index (χ0v) is 13.1. The van der Waals surface area contributed by atoms with Crippen molar-refractivity contribution >= 4 is 23.1 Å². The van der Waals surface area contributed by atoms with Crippen LogP contribution in [0.25, 0.3) is 0 Å². The van der Waals surface area contributed by atoms with Crippen molar-refractivity contribution in [3.63, 3.8) is 0 Å². The number of carbonyl (C=O) groups is 1. The van der Waals surface area contributed by atoms with Gasteiger partial charge in [-0.05, 0) is 30.5 Å². The molecule has 1 saturated carbocycles. The van der Waals surface area contributed by atoms with E-state index in [4.69, 9.17) is 18.0 Å². The Hall–Kier alpha value is -1.49. The first kappa shape index (κ1) is 15.9. The van der Waals surface area contributed by atoms with E-state index in [-0.39, 0.29) is 11.8 Å². The number of hydrogen-bond donors (Lipinski definition) is 1. The number of amides is 1. The van der Waals surface area contributed by atoms with Gasteiger partial charge in [0.15, 0.2) is 0 Å². The van der Waals surface area contributed by atoms with Crippen molar-refractivity contribution in [1.29, 1.82) is 0 Å². The zero-order chi connectivity index (χ0) is 15.1. The van der Waals surface area contributed by atoms with E-state index in [1.807, 2.05) is 17.0 Å². The van der Waals surface area contributed by atoms with Crippen LogP contribution in [0, 0.1) is 5.92 Å². The van der Waals surface area contributed by atoms with E-state index < -0.39 is 0 Å². The number of carbonyl (C=O) groups excluding carboxylic acids is 1. The lowest BCUT2D eigenvalue weighted by Crippen LogP contribution is -2.38. The Morgan fingerprint density at radius 2 is 1.95 bits per heavy atom. The third-order valence-electron chi connectivity index (χ3n) is 4.02. The van der Waals surface area contributed by atoms with Crippen LogP contribution >= 0.6 is 12.2 Å². The van der Waals surface area contributed by atoms with Crippen LogP contribution in [-0.2, 0) is 11.3 Å². The molecule has 0 aliphatic heterocycles. The van der Waals surface area contributed by atoms with E-state index >= 15 is 0 Å². The Morgan fingerprint density at radius 3 is 2.57 bits per heavy atom. The van der Waals surface area contributed by atoms with E-state index in [0.29, 0.717) is 24.5 Å². The summed E-state index contributed by atoms with van der Waals surface area (Å²) < 4.78 is 0. The molecular formula is C16H23N3OS. The molecule has 2 N–H and O–H groups in total. The smallest absolute Gasteiger partial charge is 0.225 e. The monoisotopic (exact) mass is 305 g/mol. The summed E-state index contributed by atoms with van der Waals surface area (Å²) in [5.41, 5.74) is 6.69. The fourth-order valence-corrected chi connectivity index (χ4v) is 2.92. The summed E-state index contributed by atoms with van der Waals surface area (Å²) in [6, 6.07) is 3.89. The van der Waals surface area contributed by atoms with Gasteiger partial charge in [-0.3, -0.25) is 9.78 Å². The van der Waals surface area contributed by atoms with E-state index in [1.54, 1.807) is 12.4 Å². The molecule has 0 atom stereocenters. The molecule has 0 unspecified atom stereocenters. The van der Waals surface area contributed by atoms with Crippen LogP contribution in [0.3, 0.4) is 0 Å². The molecule has 1 aliphatic carbocycles. The molecule has 1 aromatic heterocycles. The fraction of sp³-hybridized carbons (Fsp3) is 0.562. The summed E-state index contributed by atoms with van der Waals surface area (Å²) in [7, 11) is 0. The third-order valence-corrected chi connectivity index (χ3v) is 4.22. The minimum Gasteiger partial charge on any atom is -0.393 e. The molecule has 1 aromatic rings. The second kappa shape index (κ2) is 8.08. The second-order valence-corrected chi connectivity index (χ2v) is 6.19. The predicted molar refractivity (Wildman–Crippen MR) is 87.6 cm³/mol. The average Bonchev–Trinajstić information content (AvgIpc) is 2.52. The number of pyridine rings is 1. The average molecular weight is 305 g/mol. The van der Waals surface area contributed by atoms with Gasteiger partial charge in [-0.25, -0.2) is 0 Å². The maximum absolute atomic E-state index is 12.7. The zero-order valence-electron chi connectivity index (χ0n) is 12.3. The number of aromatic nitrogens is 1. The van der Waals surface area contributed by atoms with Gasteiger partial charge < -0.3 is 10.6 Å². The van der Waals surface area contributed by atoms with Gasteiger partial charge in [0.05, 0.1) is 4.99 Å². The highest BCUT2D eigenvalue weighted by molar-refractivity contribution is 7.80. The lowest BCUT2D eigenvalue weighted by molar-refractivity contribution is -0.137. The first-order valence-corrected chi connectivity index (χ1v) is 8.03. The maximum Gasteiger partial charge on any atom is 0.225 e. The van der Waals surface area contributed by atoms with Crippen LogP contribution in [0.4, 0.5) is 0 Å². The highest BCUT2D eigenvalue weighted by atomic mass is 32.1. The van der Waals surface area contributed by atoms with Crippen molar-refractivity contribution in [2.24, 2.45) is 11.7 Å². The molecule has 0 saturated heterocycles. The predicted octanol–water partition coefficient (Wildman–Crippen LogP) is 2.67. The second-order valence-electron chi connectivity index (χ2n) is 5.67. The molecule has 0 bridgehead atoms. The topological polar surface area (TPSA) is 59.2 Å². The van der Waals surface area contributed by atoms with Gasteiger partial charge in [-0.2, -0.15) is 0 Å². The van der Waals surface area contributed by atoms with E-state index in [0.717, 1.165) is 31.2 Å². The molecule has 1 aliphatic rings. The Morgan fingerprint density at radius 1 is 1.29 bits per heavy atom. The minimum atomic E-state index is 0.173. The van der Waals surface area contributed by atoms with Crippen molar-refractivity contribution in [2.45, 2.75) is 45.1 Å². The molecule has 114 valence electrons. The van der Waals surface area contributed by atoms with Gasteiger partial charge in [0.1, 0.15) is 0 Å². The maximum atomic E-state index is 12.7. The molecule has 2 rings (SSSR count). The normalized spacial score (nSPS) is 15.6. The van der Waals surface area contributed by atoms with Gasteiger partial charge in [0, 0.05) is 37.8 Å². The molecule has 21 heavy (non-hydrogen) atoms. The quantitative estimate of drug-likeness (QED) is 0.821. The molecular weight excluding hydrogens is 282 g/mol.